The maximum absolute atomic E-state index is 12.9. The molecule has 4 nitrogen and oxygen atoms in total. The van der Waals surface area contributed by atoms with Gasteiger partial charge in [0.15, 0.2) is 0 Å². The van der Waals surface area contributed by atoms with Crippen molar-refractivity contribution in [2.75, 3.05) is 0 Å². The SMILES string of the molecule is [B]Cc1ccccc1OC(C(=O)OO)(C(F)(F)F)C(F)(F)F. The Hall–Kier alpha value is -1.91. The van der Waals surface area contributed by atoms with Crippen molar-refractivity contribution in [1.82, 2.24) is 0 Å². The predicted molar refractivity (Wildman–Crippen MR) is 60.1 cm³/mol. The molecule has 1 N–H and O–H groups in total. The Morgan fingerprint density at radius 2 is 1.59 bits per heavy atom. The van der Waals surface area contributed by atoms with Gasteiger partial charge in [-0.05, 0) is 11.6 Å². The van der Waals surface area contributed by atoms with Crippen molar-refractivity contribution in [1.29, 1.82) is 0 Å². The van der Waals surface area contributed by atoms with Crippen molar-refractivity contribution in [2.45, 2.75) is 24.3 Å². The van der Waals surface area contributed by atoms with E-state index < -0.39 is 36.0 Å². The molecule has 0 unspecified atom stereocenters. The molecule has 0 heterocycles. The van der Waals surface area contributed by atoms with E-state index in [0.29, 0.717) is 0 Å². The summed E-state index contributed by atoms with van der Waals surface area (Å²) in [5.41, 5.74) is -5.61. The molecular weight excluding hydrogens is 321 g/mol. The molecule has 0 saturated heterocycles. The number of hydrogen-bond acceptors (Lipinski definition) is 4. The van der Waals surface area contributed by atoms with Crippen LogP contribution < -0.4 is 4.74 Å². The fraction of sp³-hybridized carbons (Fsp3) is 0.364. The number of benzene rings is 1. The summed E-state index contributed by atoms with van der Waals surface area (Å²) >= 11 is 0. The lowest BCUT2D eigenvalue weighted by molar-refractivity contribution is -0.362. The fourth-order valence-corrected chi connectivity index (χ4v) is 1.55. The average Bonchev–Trinajstić information content (AvgIpc) is 2.41. The molecule has 1 aromatic rings. The van der Waals surface area contributed by atoms with Crippen LogP contribution in [0.5, 0.6) is 5.75 Å². The van der Waals surface area contributed by atoms with Crippen LogP contribution in [-0.4, -0.2) is 37.0 Å². The zero-order valence-corrected chi connectivity index (χ0v) is 10.5. The van der Waals surface area contributed by atoms with Gasteiger partial charge in [-0.2, -0.15) is 31.6 Å². The van der Waals surface area contributed by atoms with Crippen LogP contribution in [0.2, 0.25) is 0 Å². The number of carbonyl (C=O) groups is 1. The summed E-state index contributed by atoms with van der Waals surface area (Å²) in [7, 11) is 5.19. The van der Waals surface area contributed by atoms with Crippen molar-refractivity contribution in [3.8, 4) is 5.75 Å². The maximum atomic E-state index is 12.9. The molecule has 0 aliphatic carbocycles. The third kappa shape index (κ3) is 2.98. The molecule has 0 atom stereocenters. The number of para-hydroxylation sites is 1. The first-order chi connectivity index (χ1) is 10.0. The van der Waals surface area contributed by atoms with Crippen molar-refractivity contribution in [2.24, 2.45) is 0 Å². The first kappa shape index (κ1) is 18.1. The van der Waals surface area contributed by atoms with Gasteiger partial charge < -0.3 is 4.74 Å². The lowest BCUT2D eigenvalue weighted by atomic mass is 9.95. The Morgan fingerprint density at radius 1 is 1.09 bits per heavy atom. The van der Waals surface area contributed by atoms with Gasteiger partial charge in [-0.3, -0.25) is 4.89 Å². The number of hydrogen-bond donors (Lipinski definition) is 1. The van der Waals surface area contributed by atoms with Crippen LogP contribution in [-0.2, 0) is 16.0 Å². The predicted octanol–water partition coefficient (Wildman–Crippen LogP) is 2.61. The molecule has 0 spiro atoms. The third-order valence-electron chi connectivity index (χ3n) is 2.62. The molecule has 0 aliphatic rings. The van der Waals surface area contributed by atoms with Gasteiger partial charge in [0.25, 0.3) is 0 Å². The Kier molecular flexibility index (Phi) is 5.01. The molecule has 0 fully saturated rings. The Bertz CT molecular complexity index is 528. The van der Waals surface area contributed by atoms with Crippen LogP contribution in [0.1, 0.15) is 5.56 Å². The maximum Gasteiger partial charge on any atom is 0.449 e. The molecule has 11 heteroatoms. The Balaban J connectivity index is 3.54. The van der Waals surface area contributed by atoms with Crippen molar-refractivity contribution in [3.05, 3.63) is 29.8 Å². The summed E-state index contributed by atoms with van der Waals surface area (Å²) in [6, 6.07) is 4.24. The van der Waals surface area contributed by atoms with Gasteiger partial charge in [0.2, 0.25) is 0 Å². The molecule has 1 rings (SSSR count). The lowest BCUT2D eigenvalue weighted by Gasteiger charge is -2.34. The standard InChI is InChI=1S/C11H7BF6O4/c12-5-6-3-1-2-4-7(6)21-9(8(19)22-20,10(13,14)15)11(16,17)18/h1-4,20H,5H2. The van der Waals surface area contributed by atoms with E-state index in [0.717, 1.165) is 18.2 Å². The highest BCUT2D eigenvalue weighted by molar-refractivity contribution is 6.08. The lowest BCUT2D eigenvalue weighted by Crippen LogP contribution is -2.66. The van der Waals surface area contributed by atoms with Gasteiger partial charge in [0.1, 0.15) is 5.75 Å². The van der Waals surface area contributed by atoms with Crippen molar-refractivity contribution >= 4 is 13.8 Å². The molecule has 2 radical (unpaired) electrons. The minimum atomic E-state index is -6.26. The average molecular weight is 328 g/mol. The Morgan fingerprint density at radius 3 is 2.00 bits per heavy atom. The highest BCUT2D eigenvalue weighted by Crippen LogP contribution is 2.47. The monoisotopic (exact) mass is 328 g/mol. The van der Waals surface area contributed by atoms with Crippen molar-refractivity contribution < 1.29 is 46.0 Å². The normalized spacial score (nSPS) is 12.9. The first-order valence-corrected chi connectivity index (χ1v) is 5.47. The highest BCUT2D eigenvalue weighted by Gasteiger charge is 2.80. The second-order valence-corrected chi connectivity index (χ2v) is 3.97. The molecule has 1 aromatic carbocycles. The van der Waals surface area contributed by atoms with Gasteiger partial charge in [0.05, 0.1) is 7.85 Å². The van der Waals surface area contributed by atoms with E-state index in [2.05, 4.69) is 9.62 Å². The number of carbonyl (C=O) groups excluding carboxylic acids is 1. The zero-order valence-electron chi connectivity index (χ0n) is 10.5. The minimum absolute atomic E-state index is 0.217. The number of halogens is 6. The van der Waals surface area contributed by atoms with Gasteiger partial charge in [-0.1, -0.05) is 24.5 Å². The molecule has 0 amide bonds. The van der Waals surface area contributed by atoms with E-state index in [9.17, 15) is 31.1 Å². The molecule has 120 valence electrons. The molecule has 22 heavy (non-hydrogen) atoms. The van der Waals surface area contributed by atoms with Crippen LogP contribution in [0.25, 0.3) is 0 Å². The van der Waals surface area contributed by atoms with E-state index in [1.807, 2.05) is 0 Å². The quantitative estimate of drug-likeness (QED) is 0.400. The van der Waals surface area contributed by atoms with Gasteiger partial charge >= 0.3 is 23.9 Å². The van der Waals surface area contributed by atoms with E-state index in [-0.39, 0.29) is 5.56 Å². The summed E-state index contributed by atoms with van der Waals surface area (Å²) < 4.78 is 81.6. The Labute approximate surface area is 121 Å². The number of alkyl halides is 6. The zero-order chi connectivity index (χ0) is 17.2. The highest BCUT2D eigenvalue weighted by atomic mass is 19.4. The molecule has 0 aromatic heterocycles. The van der Waals surface area contributed by atoms with E-state index in [1.54, 1.807) is 0 Å². The summed E-state index contributed by atoms with van der Waals surface area (Å²) in [4.78, 5) is 13.7. The van der Waals surface area contributed by atoms with Crippen LogP contribution >= 0.6 is 0 Å². The fourth-order valence-electron chi connectivity index (χ4n) is 1.55. The largest absolute Gasteiger partial charge is 0.459 e. The van der Waals surface area contributed by atoms with Gasteiger partial charge in [-0.25, -0.2) is 4.79 Å². The summed E-state index contributed by atoms with van der Waals surface area (Å²) in [6.45, 7) is 0. The van der Waals surface area contributed by atoms with E-state index >= 15 is 0 Å². The van der Waals surface area contributed by atoms with Crippen molar-refractivity contribution in [3.63, 3.8) is 0 Å². The smallest absolute Gasteiger partial charge is 0.449 e. The van der Waals surface area contributed by atoms with E-state index in [4.69, 9.17) is 13.1 Å². The summed E-state index contributed by atoms with van der Waals surface area (Å²) in [6.07, 6.45) is -13.0. The van der Waals surface area contributed by atoms with Crippen LogP contribution in [0.3, 0.4) is 0 Å². The van der Waals surface area contributed by atoms with Crippen LogP contribution in [0.15, 0.2) is 24.3 Å². The molecule has 0 bridgehead atoms. The topological polar surface area (TPSA) is 55.8 Å². The van der Waals surface area contributed by atoms with Crippen LogP contribution in [0, 0.1) is 0 Å². The molecule has 0 aliphatic heterocycles. The van der Waals surface area contributed by atoms with Gasteiger partial charge in [0, 0.05) is 0 Å². The second-order valence-electron chi connectivity index (χ2n) is 3.97. The summed E-state index contributed by atoms with van der Waals surface area (Å²) in [5, 5.41) is 8.05. The van der Waals surface area contributed by atoms with Crippen LogP contribution in [0.4, 0.5) is 26.3 Å². The van der Waals surface area contributed by atoms with E-state index in [1.165, 1.54) is 6.07 Å². The first-order valence-electron chi connectivity index (χ1n) is 5.47. The number of rotatable bonds is 4. The molecular formula is C11H7BF6O4. The number of ether oxygens (including phenoxy) is 1. The van der Waals surface area contributed by atoms with Gasteiger partial charge in [-0.15, -0.1) is 0 Å². The minimum Gasteiger partial charge on any atom is -0.459 e. The second kappa shape index (κ2) is 6.07. The summed E-state index contributed by atoms with van der Waals surface area (Å²) in [5.74, 6) is -4.00. The molecule has 0 saturated carbocycles. The third-order valence-corrected chi connectivity index (χ3v) is 2.62.